The van der Waals surface area contributed by atoms with E-state index in [0.717, 1.165) is 17.0 Å². The summed E-state index contributed by atoms with van der Waals surface area (Å²) in [4.78, 5) is 27.4. The molecule has 0 bridgehead atoms. The molecule has 0 aliphatic rings. The predicted molar refractivity (Wildman–Crippen MR) is 112 cm³/mol. The minimum atomic E-state index is -0.509. The van der Waals surface area contributed by atoms with Crippen LogP contribution in [0.4, 0.5) is 0 Å². The average Bonchev–Trinajstić information content (AvgIpc) is 3.21. The molecule has 1 amide bonds. The zero-order valence-corrected chi connectivity index (χ0v) is 17.4. The van der Waals surface area contributed by atoms with Gasteiger partial charge in [-0.2, -0.15) is 0 Å². The molecule has 0 aliphatic carbocycles. The van der Waals surface area contributed by atoms with Gasteiger partial charge in [0.25, 0.3) is 0 Å². The SMILES string of the molecule is CCOc1ccc(-n2c(SCC(=O)NCC(=O)OC)nnc2-c2cccnc2)cc1. The smallest absolute Gasteiger partial charge is 0.325 e. The number of hydrogen-bond donors (Lipinski definition) is 1. The van der Waals surface area contributed by atoms with Crippen molar-refractivity contribution in [1.82, 2.24) is 25.1 Å². The summed E-state index contributed by atoms with van der Waals surface area (Å²) in [6.07, 6.45) is 3.38. The molecule has 9 nitrogen and oxygen atoms in total. The number of ether oxygens (including phenoxy) is 2. The lowest BCUT2D eigenvalue weighted by molar-refractivity contribution is -0.140. The molecule has 3 rings (SSSR count). The molecule has 0 spiro atoms. The summed E-state index contributed by atoms with van der Waals surface area (Å²) in [6.45, 7) is 2.32. The Bertz CT molecular complexity index is 992. The molecule has 0 saturated heterocycles. The molecule has 1 aromatic carbocycles. The van der Waals surface area contributed by atoms with Crippen molar-refractivity contribution < 1.29 is 19.1 Å². The van der Waals surface area contributed by atoms with E-state index in [-0.39, 0.29) is 18.2 Å². The van der Waals surface area contributed by atoms with Crippen LogP contribution in [0.2, 0.25) is 0 Å². The first-order valence-electron chi connectivity index (χ1n) is 9.17. The van der Waals surface area contributed by atoms with Crippen LogP contribution in [-0.4, -0.2) is 57.6 Å². The standard InChI is InChI=1S/C20H21N5O4S/c1-3-29-16-8-6-15(7-9-16)25-19(14-5-4-10-21-11-14)23-24-20(25)30-13-17(26)22-12-18(27)28-2/h4-11H,3,12-13H2,1-2H3,(H,22,26). The van der Waals surface area contributed by atoms with E-state index in [1.54, 1.807) is 12.4 Å². The second-order valence-electron chi connectivity index (χ2n) is 5.95. The third-order valence-electron chi connectivity index (χ3n) is 3.95. The van der Waals surface area contributed by atoms with Crippen LogP contribution in [0.15, 0.2) is 53.9 Å². The van der Waals surface area contributed by atoms with Gasteiger partial charge in [-0.1, -0.05) is 11.8 Å². The lowest BCUT2D eigenvalue weighted by Crippen LogP contribution is -2.31. The van der Waals surface area contributed by atoms with Crippen molar-refractivity contribution in [3.8, 4) is 22.8 Å². The second-order valence-corrected chi connectivity index (χ2v) is 6.89. The number of esters is 1. The highest BCUT2D eigenvalue weighted by Gasteiger charge is 2.18. The highest BCUT2D eigenvalue weighted by atomic mass is 32.2. The maximum atomic E-state index is 12.1. The normalized spacial score (nSPS) is 10.5. The lowest BCUT2D eigenvalue weighted by Gasteiger charge is -2.11. The summed E-state index contributed by atoms with van der Waals surface area (Å²) in [7, 11) is 1.27. The summed E-state index contributed by atoms with van der Waals surface area (Å²) in [5, 5.41) is 11.6. The molecule has 156 valence electrons. The molecule has 0 saturated carbocycles. The van der Waals surface area contributed by atoms with Gasteiger partial charge in [0, 0.05) is 23.6 Å². The Labute approximate surface area is 177 Å². The van der Waals surface area contributed by atoms with Crippen LogP contribution in [0.25, 0.3) is 17.1 Å². The van der Waals surface area contributed by atoms with Crippen LogP contribution < -0.4 is 10.1 Å². The maximum absolute atomic E-state index is 12.1. The van der Waals surface area contributed by atoms with E-state index in [0.29, 0.717) is 17.6 Å². The van der Waals surface area contributed by atoms with Crippen molar-refractivity contribution in [3.05, 3.63) is 48.8 Å². The fourth-order valence-electron chi connectivity index (χ4n) is 2.56. The highest BCUT2D eigenvalue weighted by Crippen LogP contribution is 2.28. The molecule has 0 fully saturated rings. The number of benzene rings is 1. The minimum Gasteiger partial charge on any atom is -0.494 e. The summed E-state index contributed by atoms with van der Waals surface area (Å²) in [5.74, 6) is 0.608. The van der Waals surface area contributed by atoms with Crippen molar-refractivity contribution in [1.29, 1.82) is 0 Å². The van der Waals surface area contributed by atoms with E-state index in [2.05, 4.69) is 25.2 Å². The molecule has 0 unspecified atom stereocenters. The van der Waals surface area contributed by atoms with Gasteiger partial charge in [-0.3, -0.25) is 19.1 Å². The number of amides is 1. The van der Waals surface area contributed by atoms with E-state index in [9.17, 15) is 9.59 Å². The number of thioether (sulfide) groups is 1. The van der Waals surface area contributed by atoms with Crippen LogP contribution >= 0.6 is 11.8 Å². The van der Waals surface area contributed by atoms with Crippen molar-refractivity contribution in [2.24, 2.45) is 0 Å². The Morgan fingerprint density at radius 2 is 1.97 bits per heavy atom. The maximum Gasteiger partial charge on any atom is 0.325 e. The fourth-order valence-corrected chi connectivity index (χ4v) is 3.34. The molecule has 0 atom stereocenters. The van der Waals surface area contributed by atoms with Gasteiger partial charge in [0.15, 0.2) is 11.0 Å². The van der Waals surface area contributed by atoms with Gasteiger partial charge in [0.1, 0.15) is 12.3 Å². The molecule has 2 aromatic heterocycles. The number of aromatic nitrogens is 4. The largest absolute Gasteiger partial charge is 0.494 e. The Balaban J connectivity index is 1.85. The zero-order chi connectivity index (χ0) is 21.3. The van der Waals surface area contributed by atoms with Gasteiger partial charge in [-0.25, -0.2) is 0 Å². The van der Waals surface area contributed by atoms with Crippen molar-refractivity contribution in [3.63, 3.8) is 0 Å². The van der Waals surface area contributed by atoms with Crippen LogP contribution in [-0.2, 0) is 14.3 Å². The van der Waals surface area contributed by atoms with E-state index >= 15 is 0 Å². The topological polar surface area (TPSA) is 108 Å². The summed E-state index contributed by atoms with van der Waals surface area (Å²) < 4.78 is 11.9. The van der Waals surface area contributed by atoms with Gasteiger partial charge in [-0.05, 0) is 43.3 Å². The molecular formula is C20H21N5O4S. The molecule has 1 N–H and O–H groups in total. The van der Waals surface area contributed by atoms with Crippen molar-refractivity contribution in [2.45, 2.75) is 12.1 Å². The molecular weight excluding hydrogens is 406 g/mol. The lowest BCUT2D eigenvalue weighted by atomic mass is 10.2. The number of hydrogen-bond acceptors (Lipinski definition) is 8. The summed E-state index contributed by atoms with van der Waals surface area (Å²) >= 11 is 1.21. The summed E-state index contributed by atoms with van der Waals surface area (Å²) in [6, 6.07) is 11.2. The second kappa shape index (κ2) is 10.4. The number of nitrogens with one attached hydrogen (secondary N) is 1. The van der Waals surface area contributed by atoms with Crippen LogP contribution in [0.1, 0.15) is 6.92 Å². The Kier molecular flexibility index (Phi) is 7.39. The molecule has 0 radical (unpaired) electrons. The fraction of sp³-hybridized carbons (Fsp3) is 0.250. The van der Waals surface area contributed by atoms with E-state index in [4.69, 9.17) is 4.74 Å². The van der Waals surface area contributed by atoms with Crippen molar-refractivity contribution >= 4 is 23.6 Å². The van der Waals surface area contributed by atoms with Gasteiger partial charge < -0.3 is 14.8 Å². The highest BCUT2D eigenvalue weighted by molar-refractivity contribution is 7.99. The monoisotopic (exact) mass is 427 g/mol. The van der Waals surface area contributed by atoms with Gasteiger partial charge in [-0.15, -0.1) is 10.2 Å². The van der Waals surface area contributed by atoms with Gasteiger partial charge in [0.2, 0.25) is 5.91 Å². The van der Waals surface area contributed by atoms with Crippen LogP contribution in [0.3, 0.4) is 0 Å². The number of nitrogens with zero attached hydrogens (tertiary/aromatic N) is 4. The first-order valence-corrected chi connectivity index (χ1v) is 10.2. The molecule has 0 aliphatic heterocycles. The zero-order valence-electron chi connectivity index (χ0n) is 16.6. The first kappa shape index (κ1) is 21.3. The quantitative estimate of drug-likeness (QED) is 0.409. The minimum absolute atomic E-state index is 0.0686. The van der Waals surface area contributed by atoms with Crippen LogP contribution in [0.5, 0.6) is 5.75 Å². The number of rotatable bonds is 9. The number of carbonyl (C=O) groups excluding carboxylic acids is 2. The number of pyridine rings is 1. The molecule has 10 heteroatoms. The third-order valence-corrected chi connectivity index (χ3v) is 4.88. The third kappa shape index (κ3) is 5.35. The Morgan fingerprint density at radius 3 is 2.63 bits per heavy atom. The van der Waals surface area contributed by atoms with E-state index in [1.165, 1.54) is 18.9 Å². The van der Waals surface area contributed by atoms with E-state index in [1.807, 2.05) is 47.9 Å². The Morgan fingerprint density at radius 1 is 1.17 bits per heavy atom. The molecule has 30 heavy (non-hydrogen) atoms. The molecule has 2 heterocycles. The van der Waals surface area contributed by atoms with Gasteiger partial charge >= 0.3 is 5.97 Å². The van der Waals surface area contributed by atoms with Gasteiger partial charge in [0.05, 0.1) is 19.5 Å². The Hall–Kier alpha value is -3.40. The average molecular weight is 427 g/mol. The van der Waals surface area contributed by atoms with Crippen LogP contribution in [0, 0.1) is 0 Å². The van der Waals surface area contributed by atoms with Crippen molar-refractivity contribution in [2.75, 3.05) is 26.0 Å². The predicted octanol–water partition coefficient (Wildman–Crippen LogP) is 2.11. The first-order chi connectivity index (χ1) is 14.6. The number of methoxy groups -OCH3 is 1. The summed E-state index contributed by atoms with van der Waals surface area (Å²) in [5.41, 5.74) is 1.61. The van der Waals surface area contributed by atoms with E-state index < -0.39 is 5.97 Å². The number of carbonyl (C=O) groups is 2. The molecule has 3 aromatic rings.